The summed E-state index contributed by atoms with van der Waals surface area (Å²) in [6.07, 6.45) is 1.18. The first-order chi connectivity index (χ1) is 8.02. The molecule has 0 aliphatic rings. The minimum Gasteiger partial charge on any atom is -0.313 e. The Morgan fingerprint density at radius 2 is 2.18 bits per heavy atom. The van der Waals surface area contributed by atoms with Gasteiger partial charge >= 0.3 is 0 Å². The molecule has 0 amide bonds. The normalized spacial score (nSPS) is 13.6. The highest BCUT2D eigenvalue weighted by Gasteiger charge is 2.13. The standard InChI is InChI=1S/C13H23BrN2S/c1-5-12(7-15-10(2)3)16(4)8-11-6-13(14)17-9-11/h6,9-10,12,15H,5,7-8H2,1-4H3. The molecule has 1 atom stereocenters. The molecule has 1 aromatic heterocycles. The van der Waals surface area contributed by atoms with Crippen molar-refractivity contribution >= 4 is 27.3 Å². The van der Waals surface area contributed by atoms with Gasteiger partial charge in [0.05, 0.1) is 3.79 Å². The molecular weight excluding hydrogens is 296 g/mol. The first-order valence-corrected chi connectivity index (χ1v) is 7.86. The average molecular weight is 319 g/mol. The number of halogens is 1. The van der Waals surface area contributed by atoms with Gasteiger partial charge in [0.1, 0.15) is 0 Å². The molecule has 17 heavy (non-hydrogen) atoms. The molecule has 98 valence electrons. The van der Waals surface area contributed by atoms with Crippen molar-refractivity contribution in [3.63, 3.8) is 0 Å². The molecule has 0 saturated carbocycles. The van der Waals surface area contributed by atoms with Crippen LogP contribution in [0.5, 0.6) is 0 Å². The Hall–Kier alpha value is 0.100. The summed E-state index contributed by atoms with van der Waals surface area (Å²) in [5, 5.41) is 5.75. The van der Waals surface area contributed by atoms with Gasteiger partial charge in [0.25, 0.3) is 0 Å². The largest absolute Gasteiger partial charge is 0.313 e. The molecule has 0 bridgehead atoms. The summed E-state index contributed by atoms with van der Waals surface area (Å²) in [6, 6.07) is 3.38. The highest BCUT2D eigenvalue weighted by Crippen LogP contribution is 2.22. The Kier molecular flexibility index (Phi) is 6.70. The highest BCUT2D eigenvalue weighted by atomic mass is 79.9. The Morgan fingerprint density at radius 3 is 2.65 bits per heavy atom. The van der Waals surface area contributed by atoms with Crippen LogP contribution >= 0.6 is 27.3 Å². The van der Waals surface area contributed by atoms with Crippen LogP contribution in [0.3, 0.4) is 0 Å². The maximum absolute atomic E-state index is 3.52. The third-order valence-electron chi connectivity index (χ3n) is 2.91. The number of hydrogen-bond acceptors (Lipinski definition) is 3. The Balaban J connectivity index is 2.45. The quantitative estimate of drug-likeness (QED) is 0.824. The van der Waals surface area contributed by atoms with Crippen molar-refractivity contribution in [1.29, 1.82) is 0 Å². The number of rotatable bonds is 7. The second kappa shape index (κ2) is 7.52. The van der Waals surface area contributed by atoms with Gasteiger partial charge in [-0.3, -0.25) is 4.90 Å². The van der Waals surface area contributed by atoms with E-state index in [9.17, 15) is 0 Å². The van der Waals surface area contributed by atoms with Crippen LogP contribution in [0.1, 0.15) is 32.8 Å². The molecular formula is C13H23BrN2S. The lowest BCUT2D eigenvalue weighted by Crippen LogP contribution is -2.41. The summed E-state index contributed by atoms with van der Waals surface area (Å²) in [6.45, 7) is 8.74. The summed E-state index contributed by atoms with van der Waals surface area (Å²) >= 11 is 5.27. The molecule has 0 spiro atoms. The molecule has 1 N–H and O–H groups in total. The first kappa shape index (κ1) is 15.2. The fraction of sp³-hybridized carbons (Fsp3) is 0.692. The summed E-state index contributed by atoms with van der Waals surface area (Å²) in [5.41, 5.74) is 1.40. The lowest BCUT2D eigenvalue weighted by Gasteiger charge is -2.28. The first-order valence-electron chi connectivity index (χ1n) is 6.19. The molecule has 1 rings (SSSR count). The van der Waals surface area contributed by atoms with Crippen LogP contribution < -0.4 is 5.32 Å². The minimum atomic E-state index is 0.563. The van der Waals surface area contributed by atoms with Crippen LogP contribution in [0.2, 0.25) is 0 Å². The highest BCUT2D eigenvalue weighted by molar-refractivity contribution is 9.11. The van der Waals surface area contributed by atoms with E-state index in [1.807, 2.05) is 0 Å². The van der Waals surface area contributed by atoms with Crippen LogP contribution in [-0.4, -0.2) is 30.6 Å². The van der Waals surface area contributed by atoms with Crippen LogP contribution in [0.25, 0.3) is 0 Å². The van der Waals surface area contributed by atoms with E-state index >= 15 is 0 Å². The van der Waals surface area contributed by atoms with Crippen molar-refractivity contribution in [3.8, 4) is 0 Å². The van der Waals surface area contributed by atoms with Crippen LogP contribution in [0.15, 0.2) is 15.2 Å². The molecule has 1 heterocycles. The smallest absolute Gasteiger partial charge is 0.0701 e. The molecule has 0 saturated heterocycles. The van der Waals surface area contributed by atoms with Crippen molar-refractivity contribution in [2.75, 3.05) is 13.6 Å². The Morgan fingerprint density at radius 1 is 1.47 bits per heavy atom. The second-order valence-corrected chi connectivity index (χ2v) is 7.09. The van der Waals surface area contributed by atoms with Gasteiger partial charge in [0.15, 0.2) is 0 Å². The van der Waals surface area contributed by atoms with Gasteiger partial charge in [-0.05, 0) is 46.4 Å². The summed E-state index contributed by atoms with van der Waals surface area (Å²) < 4.78 is 1.22. The number of nitrogens with zero attached hydrogens (tertiary/aromatic N) is 1. The van der Waals surface area contributed by atoms with Gasteiger partial charge in [-0.25, -0.2) is 0 Å². The van der Waals surface area contributed by atoms with Crippen molar-refractivity contribution in [2.45, 2.75) is 45.8 Å². The molecule has 0 aliphatic carbocycles. The summed E-state index contributed by atoms with van der Waals surface area (Å²) in [4.78, 5) is 2.43. The number of nitrogens with one attached hydrogen (secondary N) is 1. The monoisotopic (exact) mass is 318 g/mol. The number of thiophene rings is 1. The van der Waals surface area contributed by atoms with E-state index in [4.69, 9.17) is 0 Å². The molecule has 0 fully saturated rings. The van der Waals surface area contributed by atoms with E-state index in [2.05, 4.69) is 65.4 Å². The third kappa shape index (κ3) is 5.51. The van der Waals surface area contributed by atoms with Crippen molar-refractivity contribution in [2.24, 2.45) is 0 Å². The molecule has 2 nitrogen and oxygen atoms in total. The van der Waals surface area contributed by atoms with Crippen LogP contribution in [0.4, 0.5) is 0 Å². The molecule has 1 unspecified atom stereocenters. The zero-order valence-corrected chi connectivity index (χ0v) is 13.6. The summed E-state index contributed by atoms with van der Waals surface area (Å²) in [7, 11) is 2.21. The van der Waals surface area contributed by atoms with Gasteiger partial charge in [-0.1, -0.05) is 20.8 Å². The van der Waals surface area contributed by atoms with Gasteiger partial charge in [0.2, 0.25) is 0 Å². The van der Waals surface area contributed by atoms with Crippen LogP contribution in [0, 0.1) is 0 Å². The zero-order valence-electron chi connectivity index (χ0n) is 11.2. The van der Waals surface area contributed by atoms with Crippen molar-refractivity contribution in [3.05, 3.63) is 20.8 Å². The third-order valence-corrected chi connectivity index (χ3v) is 4.46. The SMILES string of the molecule is CCC(CNC(C)C)N(C)Cc1csc(Br)c1. The fourth-order valence-electron chi connectivity index (χ4n) is 1.83. The number of hydrogen-bond donors (Lipinski definition) is 1. The molecule has 0 radical (unpaired) electrons. The van der Waals surface area contributed by atoms with E-state index in [0.29, 0.717) is 12.1 Å². The van der Waals surface area contributed by atoms with E-state index in [1.165, 1.54) is 15.8 Å². The molecule has 4 heteroatoms. The van der Waals surface area contributed by atoms with Crippen LogP contribution in [-0.2, 0) is 6.54 Å². The maximum Gasteiger partial charge on any atom is 0.0701 e. The van der Waals surface area contributed by atoms with E-state index in [0.717, 1.165) is 13.1 Å². The van der Waals surface area contributed by atoms with E-state index in [1.54, 1.807) is 11.3 Å². The molecule has 0 aliphatic heterocycles. The van der Waals surface area contributed by atoms with Gasteiger partial charge in [-0.2, -0.15) is 0 Å². The lowest BCUT2D eigenvalue weighted by atomic mass is 10.1. The van der Waals surface area contributed by atoms with Crippen molar-refractivity contribution in [1.82, 2.24) is 10.2 Å². The minimum absolute atomic E-state index is 0.563. The second-order valence-electron chi connectivity index (χ2n) is 4.80. The summed E-state index contributed by atoms with van der Waals surface area (Å²) in [5.74, 6) is 0. The van der Waals surface area contributed by atoms with Crippen molar-refractivity contribution < 1.29 is 0 Å². The average Bonchev–Trinajstić information content (AvgIpc) is 2.64. The Bertz CT molecular complexity index is 325. The lowest BCUT2D eigenvalue weighted by molar-refractivity contribution is 0.218. The van der Waals surface area contributed by atoms with Gasteiger partial charge in [0, 0.05) is 25.2 Å². The van der Waals surface area contributed by atoms with Gasteiger partial charge in [-0.15, -0.1) is 11.3 Å². The van der Waals surface area contributed by atoms with E-state index in [-0.39, 0.29) is 0 Å². The predicted molar refractivity (Wildman–Crippen MR) is 80.7 cm³/mol. The fourth-order valence-corrected chi connectivity index (χ4v) is 3.03. The van der Waals surface area contributed by atoms with E-state index < -0.39 is 0 Å². The topological polar surface area (TPSA) is 15.3 Å². The molecule has 1 aromatic rings. The zero-order chi connectivity index (χ0) is 12.8. The number of likely N-dealkylation sites (N-methyl/N-ethyl adjacent to an activating group) is 1. The predicted octanol–water partition coefficient (Wildman–Crippen LogP) is 3.72. The Labute approximate surface area is 118 Å². The molecule has 0 aromatic carbocycles. The maximum atomic E-state index is 3.52. The van der Waals surface area contributed by atoms with Gasteiger partial charge < -0.3 is 5.32 Å².